The molecule has 0 aromatic carbocycles. The van der Waals surface area contributed by atoms with Gasteiger partial charge in [-0.25, -0.2) is 0 Å². The zero-order valence-corrected chi connectivity index (χ0v) is 16.3. The van der Waals surface area contributed by atoms with E-state index in [0.717, 1.165) is 55.1 Å². The Bertz CT molecular complexity index is 694. The van der Waals surface area contributed by atoms with Crippen LogP contribution in [0.2, 0.25) is 0 Å². The lowest BCUT2D eigenvalue weighted by atomic mass is 9.83. The van der Waals surface area contributed by atoms with Crippen molar-refractivity contribution < 1.29 is 4.79 Å². The Morgan fingerprint density at radius 1 is 1.31 bits per heavy atom. The summed E-state index contributed by atoms with van der Waals surface area (Å²) in [5.74, 6) is 1.22. The number of hydrogen-bond acceptors (Lipinski definition) is 3. The molecular weight excluding hydrogens is 322 g/mol. The summed E-state index contributed by atoms with van der Waals surface area (Å²) in [6.07, 6.45) is 9.10. The average Bonchev–Trinajstić information content (AvgIpc) is 3.49. The van der Waals surface area contributed by atoms with Crippen LogP contribution >= 0.6 is 0 Å². The first-order valence-corrected chi connectivity index (χ1v) is 10.3. The molecule has 0 radical (unpaired) electrons. The van der Waals surface area contributed by atoms with Gasteiger partial charge in [0.05, 0.1) is 0 Å². The van der Waals surface area contributed by atoms with Gasteiger partial charge < -0.3 is 16.4 Å². The van der Waals surface area contributed by atoms with Crippen molar-refractivity contribution in [3.05, 3.63) is 34.7 Å². The first-order chi connectivity index (χ1) is 12.4. The van der Waals surface area contributed by atoms with Crippen molar-refractivity contribution in [3.63, 3.8) is 0 Å². The molecule has 0 aliphatic heterocycles. The van der Waals surface area contributed by atoms with E-state index < -0.39 is 0 Å². The molecule has 4 aliphatic rings. The predicted octanol–water partition coefficient (Wildman–Crippen LogP) is 3.52. The number of carbonyl (C=O) groups excluding carboxylic acids is 1. The largest absolute Gasteiger partial charge is 0.385 e. The van der Waals surface area contributed by atoms with Gasteiger partial charge in [0.25, 0.3) is 0 Å². The summed E-state index contributed by atoms with van der Waals surface area (Å²) >= 11 is 0. The molecule has 4 rings (SSSR count). The van der Waals surface area contributed by atoms with E-state index in [1.165, 1.54) is 36.8 Å². The first kappa shape index (κ1) is 17.8. The molecular formula is C22H33N3O. The molecule has 142 valence electrons. The molecule has 0 bridgehead atoms. The molecule has 1 spiro atoms. The fraction of sp³-hybridized carbons (Fsp3) is 0.682. The summed E-state index contributed by atoms with van der Waals surface area (Å²) < 4.78 is 0. The third-order valence-electron chi connectivity index (χ3n) is 6.86. The van der Waals surface area contributed by atoms with Crippen LogP contribution in [0.1, 0.15) is 65.2 Å². The smallest absolute Gasteiger partial charge is 0.227 e. The van der Waals surface area contributed by atoms with Crippen molar-refractivity contribution in [2.45, 2.75) is 71.3 Å². The van der Waals surface area contributed by atoms with Crippen LogP contribution in [0.5, 0.6) is 0 Å². The molecule has 1 amide bonds. The Hall–Kier alpha value is -1.55. The van der Waals surface area contributed by atoms with Gasteiger partial charge >= 0.3 is 0 Å². The first-order valence-electron chi connectivity index (χ1n) is 10.3. The Balaban J connectivity index is 1.55. The number of amides is 1. The molecule has 4 aliphatic carbocycles. The standard InChI is InChI=1S/C22H33N3O/c1-13-4-7-17(23)10-18(13)20(14(2)24-12-16-5-6-16)15(3)25-21(26)19-11-22(19)8-9-22/h16-17,19,24H,2,4-12,23H2,1,3H3,(H,25,26)/b20-15+/t17-,19?/m0/s1. The molecule has 3 saturated carbocycles. The van der Waals surface area contributed by atoms with Crippen molar-refractivity contribution in [2.24, 2.45) is 23.0 Å². The SMILES string of the molecule is C=C(NCC1CC1)/C(C1=C(C)CC[C@H](N)C1)=C(/C)NC(=O)C1CC12CC2. The quantitative estimate of drug-likeness (QED) is 0.612. The van der Waals surface area contributed by atoms with Gasteiger partial charge in [0, 0.05) is 35.5 Å². The number of nitrogens with one attached hydrogen (secondary N) is 2. The maximum atomic E-state index is 12.7. The predicted molar refractivity (Wildman–Crippen MR) is 105 cm³/mol. The second kappa shape index (κ2) is 6.56. The van der Waals surface area contributed by atoms with E-state index >= 15 is 0 Å². The maximum absolute atomic E-state index is 12.7. The van der Waals surface area contributed by atoms with Gasteiger partial charge in [-0.1, -0.05) is 12.2 Å². The van der Waals surface area contributed by atoms with Gasteiger partial charge in [-0.2, -0.15) is 0 Å². The van der Waals surface area contributed by atoms with Crippen LogP contribution in [0.4, 0.5) is 0 Å². The molecule has 4 nitrogen and oxygen atoms in total. The van der Waals surface area contributed by atoms with Gasteiger partial charge in [-0.15, -0.1) is 0 Å². The van der Waals surface area contributed by atoms with E-state index in [1.807, 2.05) is 6.92 Å². The topological polar surface area (TPSA) is 67.2 Å². The van der Waals surface area contributed by atoms with E-state index in [1.54, 1.807) is 0 Å². The summed E-state index contributed by atoms with van der Waals surface area (Å²) in [6, 6.07) is 0.196. The normalized spacial score (nSPS) is 30.0. The second-order valence-corrected chi connectivity index (χ2v) is 9.17. The van der Waals surface area contributed by atoms with Crippen molar-refractivity contribution in [1.82, 2.24) is 10.6 Å². The summed E-state index contributed by atoms with van der Waals surface area (Å²) in [7, 11) is 0. The zero-order valence-electron chi connectivity index (χ0n) is 16.3. The van der Waals surface area contributed by atoms with Gasteiger partial charge in [-0.3, -0.25) is 4.79 Å². The van der Waals surface area contributed by atoms with Gasteiger partial charge in [-0.05, 0) is 82.1 Å². The Morgan fingerprint density at radius 2 is 2.04 bits per heavy atom. The molecule has 3 fully saturated rings. The number of allylic oxidation sites excluding steroid dienone is 3. The molecule has 0 heterocycles. The van der Waals surface area contributed by atoms with Crippen LogP contribution in [-0.4, -0.2) is 18.5 Å². The molecule has 2 atom stereocenters. The molecule has 0 saturated heterocycles. The van der Waals surface area contributed by atoms with Crippen molar-refractivity contribution in [3.8, 4) is 0 Å². The highest BCUT2D eigenvalue weighted by Crippen LogP contribution is 2.70. The fourth-order valence-electron chi connectivity index (χ4n) is 4.49. The van der Waals surface area contributed by atoms with Crippen LogP contribution in [-0.2, 0) is 4.79 Å². The Morgan fingerprint density at radius 3 is 2.65 bits per heavy atom. The minimum Gasteiger partial charge on any atom is -0.385 e. The lowest BCUT2D eigenvalue weighted by Crippen LogP contribution is -2.30. The highest BCUT2D eigenvalue weighted by atomic mass is 16.2. The summed E-state index contributed by atoms with van der Waals surface area (Å²) in [5, 5.41) is 6.75. The molecule has 26 heavy (non-hydrogen) atoms. The van der Waals surface area contributed by atoms with Gasteiger partial charge in [0.2, 0.25) is 5.91 Å². The third-order valence-corrected chi connectivity index (χ3v) is 6.86. The van der Waals surface area contributed by atoms with Crippen LogP contribution in [0.3, 0.4) is 0 Å². The molecule has 0 aromatic heterocycles. The fourth-order valence-corrected chi connectivity index (χ4v) is 4.49. The molecule has 1 unspecified atom stereocenters. The van der Waals surface area contributed by atoms with E-state index in [4.69, 9.17) is 5.73 Å². The maximum Gasteiger partial charge on any atom is 0.227 e. The van der Waals surface area contributed by atoms with Crippen molar-refractivity contribution in [1.29, 1.82) is 0 Å². The minimum absolute atomic E-state index is 0.196. The summed E-state index contributed by atoms with van der Waals surface area (Å²) in [4.78, 5) is 12.7. The lowest BCUT2D eigenvalue weighted by Gasteiger charge is -2.28. The van der Waals surface area contributed by atoms with E-state index in [-0.39, 0.29) is 17.9 Å². The number of rotatable bonds is 7. The van der Waals surface area contributed by atoms with Crippen LogP contribution in [0.25, 0.3) is 0 Å². The molecule has 4 heteroatoms. The van der Waals surface area contributed by atoms with E-state index in [0.29, 0.717) is 5.41 Å². The summed E-state index contributed by atoms with van der Waals surface area (Å²) in [6.45, 7) is 9.53. The number of hydrogen-bond donors (Lipinski definition) is 3. The minimum atomic E-state index is 0.196. The van der Waals surface area contributed by atoms with Crippen molar-refractivity contribution in [2.75, 3.05) is 6.54 Å². The van der Waals surface area contributed by atoms with E-state index in [2.05, 4.69) is 24.1 Å². The molecule has 0 aromatic rings. The van der Waals surface area contributed by atoms with E-state index in [9.17, 15) is 4.79 Å². The van der Waals surface area contributed by atoms with Gasteiger partial charge in [0.15, 0.2) is 0 Å². The van der Waals surface area contributed by atoms with Crippen molar-refractivity contribution >= 4 is 5.91 Å². The highest BCUT2D eigenvalue weighted by molar-refractivity contribution is 5.85. The lowest BCUT2D eigenvalue weighted by molar-refractivity contribution is -0.122. The second-order valence-electron chi connectivity index (χ2n) is 9.17. The summed E-state index contributed by atoms with van der Waals surface area (Å²) in [5.41, 5.74) is 12.3. The zero-order chi connectivity index (χ0) is 18.5. The molecule has 4 N–H and O–H groups in total. The average molecular weight is 356 g/mol. The Labute approximate surface area is 157 Å². The highest BCUT2D eigenvalue weighted by Gasteiger charge is 2.65. The third kappa shape index (κ3) is 3.62. The Kier molecular flexibility index (Phi) is 4.50. The number of carbonyl (C=O) groups is 1. The number of nitrogens with two attached hydrogens (primary N) is 1. The van der Waals surface area contributed by atoms with Gasteiger partial charge in [0.1, 0.15) is 0 Å². The monoisotopic (exact) mass is 355 g/mol. The van der Waals surface area contributed by atoms with Crippen LogP contribution in [0, 0.1) is 17.3 Å². The van der Waals surface area contributed by atoms with Crippen LogP contribution < -0.4 is 16.4 Å². The van der Waals surface area contributed by atoms with Crippen LogP contribution in [0.15, 0.2) is 34.7 Å².